The lowest BCUT2D eigenvalue weighted by Gasteiger charge is -2.07. The number of hydrogen-bond acceptors (Lipinski definition) is 4. The molecule has 0 saturated heterocycles. The molecule has 2 aromatic rings. The van der Waals surface area contributed by atoms with Gasteiger partial charge >= 0.3 is 0 Å². The van der Waals surface area contributed by atoms with Crippen molar-refractivity contribution in [3.05, 3.63) is 59.2 Å². The van der Waals surface area contributed by atoms with Crippen LogP contribution in [0.15, 0.2) is 52.3 Å². The molecule has 0 atom stereocenters. The number of nitriles is 2. The zero-order valence-corrected chi connectivity index (χ0v) is 11.5. The predicted molar refractivity (Wildman–Crippen MR) is 72.5 cm³/mol. The Morgan fingerprint density at radius 3 is 2.15 bits per heavy atom. The summed E-state index contributed by atoms with van der Waals surface area (Å²) in [5, 5.41) is 18.1. The van der Waals surface area contributed by atoms with E-state index < -0.39 is 9.84 Å². The van der Waals surface area contributed by atoms with E-state index in [1.54, 1.807) is 18.2 Å². The third-order valence-corrected chi connectivity index (χ3v) is 4.69. The van der Waals surface area contributed by atoms with E-state index in [9.17, 15) is 8.42 Å². The molecule has 0 aliphatic carbocycles. The normalized spacial score (nSPS) is 10.6. The number of benzene rings is 2. The van der Waals surface area contributed by atoms with Crippen molar-refractivity contribution in [2.45, 2.75) is 16.7 Å². The highest BCUT2D eigenvalue weighted by Crippen LogP contribution is 2.25. The van der Waals surface area contributed by atoms with Crippen molar-refractivity contribution in [3.8, 4) is 12.1 Å². The molecule has 0 fully saturated rings. The third-order valence-electron chi connectivity index (χ3n) is 2.88. The molecule has 0 N–H and O–H groups in total. The molecule has 0 aliphatic rings. The van der Waals surface area contributed by atoms with Gasteiger partial charge in [-0.1, -0.05) is 23.8 Å². The molecule has 4 nitrogen and oxygen atoms in total. The first kappa shape index (κ1) is 13.8. The van der Waals surface area contributed by atoms with Crippen molar-refractivity contribution in [3.63, 3.8) is 0 Å². The van der Waals surface area contributed by atoms with E-state index in [2.05, 4.69) is 0 Å². The molecular weight excluding hydrogens is 272 g/mol. The first-order valence-electron chi connectivity index (χ1n) is 5.75. The van der Waals surface area contributed by atoms with E-state index in [0.29, 0.717) is 0 Å². The summed E-state index contributed by atoms with van der Waals surface area (Å²) in [6.45, 7) is 1.85. The molecule has 0 spiro atoms. The first-order valence-corrected chi connectivity index (χ1v) is 7.24. The second-order valence-corrected chi connectivity index (χ2v) is 6.14. The van der Waals surface area contributed by atoms with Crippen LogP contribution in [0.3, 0.4) is 0 Å². The zero-order chi connectivity index (χ0) is 14.8. The van der Waals surface area contributed by atoms with Crippen LogP contribution >= 0.6 is 0 Å². The standard InChI is InChI=1S/C15H10N2O2S/c1-11-5-7-13(8-6-11)20(18,19)15-4-2-3-12(9-16)14(15)10-17/h2-8H,1H3. The van der Waals surface area contributed by atoms with E-state index in [-0.39, 0.29) is 20.9 Å². The second kappa shape index (κ2) is 5.16. The van der Waals surface area contributed by atoms with Gasteiger partial charge in [0.1, 0.15) is 12.1 Å². The average molecular weight is 282 g/mol. The molecule has 20 heavy (non-hydrogen) atoms. The summed E-state index contributed by atoms with van der Waals surface area (Å²) in [4.78, 5) is -0.0300. The van der Waals surface area contributed by atoms with Crippen molar-refractivity contribution in [2.24, 2.45) is 0 Å². The molecule has 98 valence electrons. The third kappa shape index (κ3) is 2.27. The van der Waals surface area contributed by atoms with Crippen LogP contribution in [0, 0.1) is 29.6 Å². The van der Waals surface area contributed by atoms with E-state index in [1.165, 1.54) is 30.3 Å². The van der Waals surface area contributed by atoms with E-state index in [1.807, 2.05) is 13.0 Å². The maximum atomic E-state index is 12.5. The Kier molecular flexibility index (Phi) is 3.56. The minimum Gasteiger partial charge on any atom is -0.218 e. The van der Waals surface area contributed by atoms with Gasteiger partial charge in [0.15, 0.2) is 0 Å². The molecule has 0 unspecified atom stereocenters. The van der Waals surface area contributed by atoms with Gasteiger partial charge in [-0.15, -0.1) is 0 Å². The molecule has 0 aliphatic heterocycles. The Hall–Kier alpha value is -2.63. The van der Waals surface area contributed by atoms with Gasteiger partial charge in [-0.05, 0) is 31.2 Å². The lowest BCUT2D eigenvalue weighted by Crippen LogP contribution is -2.05. The Labute approximate surface area is 117 Å². The second-order valence-electron chi connectivity index (χ2n) is 4.22. The van der Waals surface area contributed by atoms with E-state index in [0.717, 1.165) is 5.56 Å². The number of sulfone groups is 1. The molecule has 2 rings (SSSR count). The molecule has 0 aromatic heterocycles. The lowest BCUT2D eigenvalue weighted by molar-refractivity contribution is 0.596. The van der Waals surface area contributed by atoms with E-state index >= 15 is 0 Å². The highest BCUT2D eigenvalue weighted by molar-refractivity contribution is 7.91. The summed E-state index contributed by atoms with van der Waals surface area (Å²) in [7, 11) is -3.80. The molecule has 0 radical (unpaired) electrons. The maximum absolute atomic E-state index is 12.5. The zero-order valence-electron chi connectivity index (χ0n) is 10.7. The van der Waals surface area contributed by atoms with Crippen molar-refractivity contribution >= 4 is 9.84 Å². The monoisotopic (exact) mass is 282 g/mol. The number of hydrogen-bond donors (Lipinski definition) is 0. The largest absolute Gasteiger partial charge is 0.218 e. The Morgan fingerprint density at radius 1 is 0.950 bits per heavy atom. The quantitative estimate of drug-likeness (QED) is 0.847. The predicted octanol–water partition coefficient (Wildman–Crippen LogP) is 2.57. The van der Waals surface area contributed by atoms with Crippen LogP contribution in [0.5, 0.6) is 0 Å². The van der Waals surface area contributed by atoms with Crippen LogP contribution in [0.4, 0.5) is 0 Å². The fourth-order valence-electron chi connectivity index (χ4n) is 1.81. The summed E-state index contributed by atoms with van der Waals surface area (Å²) in [5.41, 5.74) is 0.881. The fraction of sp³-hybridized carbons (Fsp3) is 0.0667. The summed E-state index contributed by atoms with van der Waals surface area (Å²) in [6, 6.07) is 14.2. The number of rotatable bonds is 2. The van der Waals surface area contributed by atoms with Crippen LogP contribution in [0.2, 0.25) is 0 Å². The molecular formula is C15H10N2O2S. The van der Waals surface area contributed by atoms with Crippen molar-refractivity contribution in [2.75, 3.05) is 0 Å². The van der Waals surface area contributed by atoms with Crippen molar-refractivity contribution < 1.29 is 8.42 Å². The fourth-order valence-corrected chi connectivity index (χ4v) is 3.24. The summed E-state index contributed by atoms with van der Waals surface area (Å²) in [5.74, 6) is 0. The molecule has 0 amide bonds. The minimum absolute atomic E-state index is 0.0562. The van der Waals surface area contributed by atoms with Gasteiger partial charge in [-0.25, -0.2) is 8.42 Å². The van der Waals surface area contributed by atoms with Crippen molar-refractivity contribution in [1.29, 1.82) is 10.5 Å². The van der Waals surface area contributed by atoms with Crippen LogP contribution < -0.4 is 0 Å². The summed E-state index contributed by atoms with van der Waals surface area (Å²) in [6.07, 6.45) is 0. The Balaban J connectivity index is 2.71. The average Bonchev–Trinajstić information content (AvgIpc) is 2.46. The van der Waals surface area contributed by atoms with Gasteiger partial charge < -0.3 is 0 Å². The molecule has 0 heterocycles. The van der Waals surface area contributed by atoms with Crippen LogP contribution in [0.25, 0.3) is 0 Å². The minimum atomic E-state index is -3.80. The highest BCUT2D eigenvalue weighted by Gasteiger charge is 2.23. The van der Waals surface area contributed by atoms with Gasteiger partial charge in [-0.2, -0.15) is 10.5 Å². The molecule has 0 saturated carbocycles. The van der Waals surface area contributed by atoms with Gasteiger partial charge in [0.2, 0.25) is 9.84 Å². The first-order chi connectivity index (χ1) is 9.50. The van der Waals surface area contributed by atoms with Gasteiger partial charge in [-0.3, -0.25) is 0 Å². The lowest BCUT2D eigenvalue weighted by atomic mass is 10.1. The molecule has 5 heteroatoms. The molecule has 0 bridgehead atoms. The Morgan fingerprint density at radius 2 is 1.60 bits per heavy atom. The summed E-state index contributed by atoms with van der Waals surface area (Å²) >= 11 is 0. The van der Waals surface area contributed by atoms with Gasteiger partial charge in [0.05, 0.1) is 20.9 Å². The number of nitrogens with zero attached hydrogens (tertiary/aromatic N) is 2. The Bertz CT molecular complexity index is 839. The smallest absolute Gasteiger partial charge is 0.207 e. The SMILES string of the molecule is Cc1ccc(S(=O)(=O)c2cccc(C#N)c2C#N)cc1. The van der Waals surface area contributed by atoms with E-state index in [4.69, 9.17) is 10.5 Å². The van der Waals surface area contributed by atoms with Gasteiger partial charge in [0.25, 0.3) is 0 Å². The van der Waals surface area contributed by atoms with Crippen LogP contribution in [-0.4, -0.2) is 8.42 Å². The van der Waals surface area contributed by atoms with Crippen LogP contribution in [0.1, 0.15) is 16.7 Å². The highest BCUT2D eigenvalue weighted by atomic mass is 32.2. The van der Waals surface area contributed by atoms with Gasteiger partial charge in [0, 0.05) is 0 Å². The molecule has 2 aromatic carbocycles. The maximum Gasteiger partial charge on any atom is 0.207 e. The van der Waals surface area contributed by atoms with Crippen molar-refractivity contribution in [1.82, 2.24) is 0 Å². The van der Waals surface area contributed by atoms with Crippen LogP contribution in [-0.2, 0) is 9.84 Å². The number of aryl methyl sites for hydroxylation is 1. The topological polar surface area (TPSA) is 81.7 Å². The summed E-state index contributed by atoms with van der Waals surface area (Å²) < 4.78 is 25.1.